The molecule has 1 aliphatic carbocycles. The second-order valence-corrected chi connectivity index (χ2v) is 8.36. The largest absolute Gasteiger partial charge is 0.349 e. The fourth-order valence-electron chi connectivity index (χ4n) is 5.33. The van der Waals surface area contributed by atoms with Gasteiger partial charge in [-0.25, -0.2) is 9.29 Å². The summed E-state index contributed by atoms with van der Waals surface area (Å²) in [5.41, 5.74) is -1.52. The maximum atomic E-state index is 14.6. The van der Waals surface area contributed by atoms with E-state index in [-0.39, 0.29) is 16.8 Å². The molecule has 2 saturated heterocycles. The third-order valence-electron chi connectivity index (χ3n) is 6.74. The van der Waals surface area contributed by atoms with Crippen LogP contribution in [-0.2, 0) is 14.3 Å². The van der Waals surface area contributed by atoms with Crippen LogP contribution < -0.4 is 4.90 Å². The first-order valence-corrected chi connectivity index (χ1v) is 10.5. The van der Waals surface area contributed by atoms with Crippen LogP contribution in [0.5, 0.6) is 0 Å². The lowest BCUT2D eigenvalue weighted by Gasteiger charge is -2.27. The summed E-state index contributed by atoms with van der Waals surface area (Å²) in [5.74, 6) is -6.11. The number of benzene rings is 3. The Morgan fingerprint density at radius 1 is 0.727 bits per heavy atom. The summed E-state index contributed by atoms with van der Waals surface area (Å²) < 4.78 is 20.8. The Hall–Kier alpha value is -3.97. The fourth-order valence-corrected chi connectivity index (χ4v) is 5.33. The van der Waals surface area contributed by atoms with E-state index in [1.54, 1.807) is 42.5 Å². The van der Waals surface area contributed by atoms with Gasteiger partial charge in [-0.05, 0) is 17.7 Å². The lowest BCUT2D eigenvalue weighted by atomic mass is 9.77. The van der Waals surface area contributed by atoms with Crippen molar-refractivity contribution in [3.63, 3.8) is 0 Å². The molecule has 0 N–H and O–H groups in total. The SMILES string of the molecule is O=C1[C@H]2[C@@H](c3ccccc3)OC3(C(=O)c4ccccc4C3=O)[C@@H]2C(=O)N1c1ccccc1F. The van der Waals surface area contributed by atoms with Crippen molar-refractivity contribution in [3.8, 4) is 0 Å². The van der Waals surface area contributed by atoms with E-state index >= 15 is 0 Å². The number of halogens is 1. The zero-order valence-electron chi connectivity index (χ0n) is 17.1. The van der Waals surface area contributed by atoms with Crippen molar-refractivity contribution < 1.29 is 28.3 Å². The van der Waals surface area contributed by atoms with E-state index in [9.17, 15) is 23.6 Å². The molecule has 6 rings (SSSR count). The van der Waals surface area contributed by atoms with Gasteiger partial charge in [0.05, 0.1) is 23.6 Å². The number of amides is 2. The van der Waals surface area contributed by atoms with Gasteiger partial charge in [-0.15, -0.1) is 0 Å². The van der Waals surface area contributed by atoms with Gasteiger partial charge >= 0.3 is 0 Å². The van der Waals surface area contributed by atoms with Gasteiger partial charge in [0.25, 0.3) is 0 Å². The van der Waals surface area contributed by atoms with Crippen LogP contribution in [0.2, 0.25) is 0 Å². The topological polar surface area (TPSA) is 80.8 Å². The van der Waals surface area contributed by atoms with Crippen LogP contribution >= 0.6 is 0 Å². The number of ether oxygens (including phenoxy) is 1. The summed E-state index contributed by atoms with van der Waals surface area (Å²) in [5, 5.41) is 0. The first kappa shape index (κ1) is 19.7. The van der Waals surface area contributed by atoms with E-state index in [1.807, 2.05) is 0 Å². The van der Waals surface area contributed by atoms with Crippen LogP contribution in [0.4, 0.5) is 10.1 Å². The molecule has 3 atom stereocenters. The highest BCUT2D eigenvalue weighted by Gasteiger charge is 2.74. The second-order valence-electron chi connectivity index (χ2n) is 8.36. The molecule has 0 unspecified atom stereocenters. The Kier molecular flexibility index (Phi) is 4.04. The maximum Gasteiger partial charge on any atom is 0.241 e. The second kappa shape index (κ2) is 6.76. The molecule has 3 aromatic rings. The first-order chi connectivity index (χ1) is 16.0. The maximum absolute atomic E-state index is 14.6. The van der Waals surface area contributed by atoms with Crippen LogP contribution in [0.1, 0.15) is 32.4 Å². The molecule has 3 aliphatic rings. The average molecular weight is 441 g/mol. The van der Waals surface area contributed by atoms with Gasteiger partial charge in [0.1, 0.15) is 5.82 Å². The van der Waals surface area contributed by atoms with Gasteiger partial charge in [0.15, 0.2) is 0 Å². The highest BCUT2D eigenvalue weighted by molar-refractivity contribution is 6.37. The molecule has 162 valence electrons. The molecule has 3 aromatic carbocycles. The lowest BCUT2D eigenvalue weighted by molar-refractivity contribution is -0.127. The third-order valence-corrected chi connectivity index (χ3v) is 6.74. The minimum absolute atomic E-state index is 0.152. The summed E-state index contributed by atoms with van der Waals surface area (Å²) in [6, 6.07) is 20.4. The van der Waals surface area contributed by atoms with Crippen molar-refractivity contribution in [2.24, 2.45) is 11.8 Å². The zero-order chi connectivity index (χ0) is 22.9. The number of rotatable bonds is 2. The van der Waals surface area contributed by atoms with Gasteiger partial charge in [-0.1, -0.05) is 66.7 Å². The van der Waals surface area contributed by atoms with E-state index in [4.69, 9.17) is 4.74 Å². The van der Waals surface area contributed by atoms with Crippen molar-refractivity contribution in [2.45, 2.75) is 11.7 Å². The van der Waals surface area contributed by atoms with Crippen LogP contribution in [0.25, 0.3) is 0 Å². The molecule has 6 nitrogen and oxygen atoms in total. The smallest absolute Gasteiger partial charge is 0.241 e. The normalized spacial score (nSPS) is 25.1. The number of imide groups is 1. The van der Waals surface area contributed by atoms with Crippen LogP contribution in [0.3, 0.4) is 0 Å². The van der Waals surface area contributed by atoms with E-state index in [0.29, 0.717) is 5.56 Å². The minimum Gasteiger partial charge on any atom is -0.349 e. The number of hydrogen-bond donors (Lipinski definition) is 0. The molecular weight excluding hydrogens is 425 g/mol. The van der Waals surface area contributed by atoms with E-state index in [2.05, 4.69) is 0 Å². The van der Waals surface area contributed by atoms with Gasteiger partial charge in [0, 0.05) is 11.1 Å². The predicted molar refractivity (Wildman–Crippen MR) is 114 cm³/mol. The molecule has 0 radical (unpaired) electrons. The van der Waals surface area contributed by atoms with Crippen LogP contribution in [0.15, 0.2) is 78.9 Å². The Bertz CT molecular complexity index is 1330. The minimum atomic E-state index is -2.17. The van der Waals surface area contributed by atoms with E-state index < -0.39 is 52.7 Å². The number of ketones is 2. The van der Waals surface area contributed by atoms with Crippen molar-refractivity contribution >= 4 is 29.1 Å². The van der Waals surface area contributed by atoms with E-state index in [0.717, 1.165) is 11.0 Å². The first-order valence-electron chi connectivity index (χ1n) is 10.5. The average Bonchev–Trinajstić information content (AvgIpc) is 3.40. The Morgan fingerprint density at radius 3 is 1.94 bits per heavy atom. The number of fused-ring (bicyclic) bond motifs is 3. The Labute approximate surface area is 187 Å². The molecule has 2 fully saturated rings. The third kappa shape index (κ3) is 2.40. The number of Topliss-reactive ketones (excluding diaryl/α,β-unsaturated/α-hetero) is 2. The quantitative estimate of drug-likeness (QED) is 0.449. The highest BCUT2D eigenvalue weighted by atomic mass is 19.1. The summed E-state index contributed by atoms with van der Waals surface area (Å²) in [7, 11) is 0. The van der Waals surface area contributed by atoms with Gasteiger partial charge in [-0.3, -0.25) is 19.2 Å². The molecule has 0 saturated carbocycles. The van der Waals surface area contributed by atoms with Crippen molar-refractivity contribution in [1.82, 2.24) is 0 Å². The highest BCUT2D eigenvalue weighted by Crippen LogP contribution is 2.57. The van der Waals surface area contributed by atoms with Crippen LogP contribution in [0, 0.1) is 17.7 Å². The standard InChI is InChI=1S/C26H16FNO5/c27-17-12-6-7-13-18(17)28-24(31)19-20(25(28)32)26(33-21(19)14-8-2-1-3-9-14)22(29)15-10-4-5-11-16(15)23(26)30/h1-13,19-21H/t19-,20+,21-/m1/s1. The monoisotopic (exact) mass is 441 g/mol. The number of nitrogens with zero attached hydrogens (tertiary/aromatic N) is 1. The summed E-state index contributed by atoms with van der Waals surface area (Å²) in [4.78, 5) is 55.3. The van der Waals surface area contributed by atoms with Gasteiger partial charge < -0.3 is 4.74 Å². The Morgan fingerprint density at radius 2 is 1.30 bits per heavy atom. The van der Waals surface area contributed by atoms with E-state index in [1.165, 1.54) is 30.3 Å². The summed E-state index contributed by atoms with van der Waals surface area (Å²) >= 11 is 0. The van der Waals surface area contributed by atoms with Crippen molar-refractivity contribution in [3.05, 3.63) is 101 Å². The van der Waals surface area contributed by atoms with Crippen molar-refractivity contribution in [2.75, 3.05) is 4.90 Å². The number of carbonyl (C=O) groups is 4. The molecular formula is C26H16FNO5. The molecule has 0 aromatic heterocycles. The zero-order valence-corrected chi connectivity index (χ0v) is 17.1. The van der Waals surface area contributed by atoms with Gasteiger partial charge in [-0.2, -0.15) is 0 Å². The molecule has 0 bridgehead atoms. The number of para-hydroxylation sites is 1. The molecule has 33 heavy (non-hydrogen) atoms. The van der Waals surface area contributed by atoms with Crippen LogP contribution in [-0.4, -0.2) is 29.0 Å². The van der Waals surface area contributed by atoms with Gasteiger partial charge in [0.2, 0.25) is 29.0 Å². The number of hydrogen-bond acceptors (Lipinski definition) is 5. The molecule has 1 spiro atoms. The Balaban J connectivity index is 1.57. The molecule has 2 amide bonds. The predicted octanol–water partition coefficient (Wildman–Crippen LogP) is 3.52. The van der Waals surface area contributed by atoms with Crippen molar-refractivity contribution in [1.29, 1.82) is 0 Å². The summed E-state index contributed by atoms with van der Waals surface area (Å²) in [6.07, 6.45) is -1.02. The molecule has 7 heteroatoms. The summed E-state index contributed by atoms with van der Waals surface area (Å²) in [6.45, 7) is 0. The molecule has 2 aliphatic heterocycles. The molecule has 2 heterocycles. The fraction of sp³-hybridized carbons (Fsp3) is 0.154. The lowest BCUT2D eigenvalue weighted by Crippen LogP contribution is -2.51. The number of anilines is 1. The number of carbonyl (C=O) groups excluding carboxylic acids is 4.